The molecule has 8 heteroatoms. The van der Waals surface area contributed by atoms with Crippen LogP contribution in [-0.2, 0) is 11.3 Å². The first-order valence-electron chi connectivity index (χ1n) is 8.26. The maximum absolute atomic E-state index is 13.0. The second-order valence-electron chi connectivity index (χ2n) is 6.02. The first kappa shape index (κ1) is 18.7. The summed E-state index contributed by atoms with van der Waals surface area (Å²) in [6.45, 7) is -0.622. The molecule has 3 aromatic rings. The van der Waals surface area contributed by atoms with Gasteiger partial charge in [0.2, 0.25) is 0 Å². The van der Waals surface area contributed by atoms with Crippen LogP contribution in [0.3, 0.4) is 0 Å². The molecule has 3 rings (SSSR count). The van der Waals surface area contributed by atoms with Crippen molar-refractivity contribution < 1.29 is 19.8 Å². The zero-order valence-corrected chi connectivity index (χ0v) is 14.5. The van der Waals surface area contributed by atoms with Crippen LogP contribution in [0.1, 0.15) is 21.5 Å². The maximum atomic E-state index is 13.0. The van der Waals surface area contributed by atoms with E-state index in [1.807, 2.05) is 6.07 Å². The molecule has 0 unspecified atom stereocenters. The van der Waals surface area contributed by atoms with Crippen LogP contribution < -0.4 is 10.9 Å². The molecule has 0 saturated carbocycles. The molecule has 0 fully saturated rings. The Morgan fingerprint density at radius 1 is 1.14 bits per heavy atom. The van der Waals surface area contributed by atoms with Crippen LogP contribution in [0.4, 0.5) is 0 Å². The van der Waals surface area contributed by atoms with E-state index < -0.39 is 35.3 Å². The molecule has 0 atom stereocenters. The number of carbonyl (C=O) groups is 2. The number of para-hydroxylation sites is 1. The summed E-state index contributed by atoms with van der Waals surface area (Å²) in [4.78, 5) is 36.0. The molecule has 8 nitrogen and oxygen atoms in total. The van der Waals surface area contributed by atoms with E-state index in [2.05, 4.69) is 5.32 Å². The van der Waals surface area contributed by atoms with Gasteiger partial charge in [-0.05, 0) is 29.8 Å². The summed E-state index contributed by atoms with van der Waals surface area (Å²) in [6.07, 6.45) is 0. The molecule has 0 bridgehead atoms. The normalized spacial score (nSPS) is 10.4. The van der Waals surface area contributed by atoms with Crippen molar-refractivity contribution in [1.29, 1.82) is 5.26 Å². The molecular formula is C20H15N3O5. The van der Waals surface area contributed by atoms with Gasteiger partial charge in [0.05, 0.1) is 23.7 Å². The number of carbonyl (C=O) groups excluding carboxylic acids is 1. The lowest BCUT2D eigenvalue weighted by Crippen LogP contribution is -2.36. The molecule has 0 saturated heterocycles. The van der Waals surface area contributed by atoms with Crippen molar-refractivity contribution in [3.63, 3.8) is 0 Å². The molecule has 1 aromatic heterocycles. The van der Waals surface area contributed by atoms with Gasteiger partial charge < -0.3 is 20.1 Å². The summed E-state index contributed by atoms with van der Waals surface area (Å²) in [6, 6.07) is 15.2. The molecule has 2 aromatic carbocycles. The Hall–Kier alpha value is -4.12. The highest BCUT2D eigenvalue weighted by Gasteiger charge is 2.22. The molecule has 0 aliphatic rings. The Labute approximate surface area is 158 Å². The third-order valence-corrected chi connectivity index (χ3v) is 4.17. The van der Waals surface area contributed by atoms with Gasteiger partial charge >= 0.3 is 5.97 Å². The number of aromatic hydroxyl groups is 1. The molecule has 1 heterocycles. The fourth-order valence-corrected chi connectivity index (χ4v) is 2.92. The number of carboxylic acids is 1. The Bertz CT molecular complexity index is 1190. The number of nitrogens with zero attached hydrogens (tertiary/aromatic N) is 2. The van der Waals surface area contributed by atoms with Gasteiger partial charge in [0.25, 0.3) is 11.5 Å². The summed E-state index contributed by atoms with van der Waals surface area (Å²) >= 11 is 0. The van der Waals surface area contributed by atoms with E-state index in [1.54, 1.807) is 48.5 Å². The van der Waals surface area contributed by atoms with Gasteiger partial charge in [-0.25, -0.2) is 0 Å². The van der Waals surface area contributed by atoms with Crippen LogP contribution in [0.25, 0.3) is 10.9 Å². The van der Waals surface area contributed by atoms with E-state index in [0.717, 1.165) is 0 Å². The van der Waals surface area contributed by atoms with Gasteiger partial charge in [-0.2, -0.15) is 5.26 Å². The molecular weight excluding hydrogens is 362 g/mol. The number of nitriles is 1. The summed E-state index contributed by atoms with van der Waals surface area (Å²) in [5.41, 5.74) is 0.196. The highest BCUT2D eigenvalue weighted by Crippen LogP contribution is 2.26. The van der Waals surface area contributed by atoms with Crippen LogP contribution in [0.2, 0.25) is 0 Å². The van der Waals surface area contributed by atoms with Crippen molar-refractivity contribution in [2.45, 2.75) is 6.54 Å². The van der Waals surface area contributed by atoms with Crippen LogP contribution in [0.5, 0.6) is 5.75 Å². The van der Waals surface area contributed by atoms with Crippen LogP contribution in [0, 0.1) is 11.3 Å². The zero-order chi connectivity index (χ0) is 20.3. The van der Waals surface area contributed by atoms with Crippen LogP contribution in [-0.4, -0.2) is 33.2 Å². The zero-order valence-electron chi connectivity index (χ0n) is 14.5. The molecule has 3 N–H and O–H groups in total. The van der Waals surface area contributed by atoms with Crippen molar-refractivity contribution in [2.24, 2.45) is 0 Å². The van der Waals surface area contributed by atoms with Gasteiger partial charge in [0.1, 0.15) is 17.9 Å². The topological polar surface area (TPSA) is 132 Å². The van der Waals surface area contributed by atoms with Gasteiger partial charge in [0, 0.05) is 5.39 Å². The van der Waals surface area contributed by atoms with Gasteiger partial charge in [-0.1, -0.05) is 24.3 Å². The van der Waals surface area contributed by atoms with Gasteiger partial charge in [0.15, 0.2) is 0 Å². The molecule has 1 amide bonds. The lowest BCUT2D eigenvalue weighted by molar-refractivity contribution is -0.135. The number of pyridine rings is 1. The Morgan fingerprint density at radius 3 is 2.61 bits per heavy atom. The minimum Gasteiger partial charge on any atom is -0.506 e. The van der Waals surface area contributed by atoms with Gasteiger partial charge in [-0.15, -0.1) is 0 Å². The quantitative estimate of drug-likeness (QED) is 0.616. The smallest absolute Gasteiger partial charge is 0.322 e. The molecule has 0 aliphatic carbocycles. The number of hydrogen-bond donors (Lipinski definition) is 3. The second-order valence-corrected chi connectivity index (χ2v) is 6.02. The third-order valence-electron chi connectivity index (χ3n) is 4.17. The largest absolute Gasteiger partial charge is 0.506 e. The van der Waals surface area contributed by atoms with E-state index in [1.165, 1.54) is 4.57 Å². The van der Waals surface area contributed by atoms with E-state index >= 15 is 0 Å². The minimum absolute atomic E-state index is 0.0638. The molecule has 0 spiro atoms. The number of aromatic nitrogens is 1. The Kier molecular flexibility index (Phi) is 5.09. The number of benzene rings is 2. The van der Waals surface area contributed by atoms with E-state index in [-0.39, 0.29) is 11.9 Å². The monoisotopic (exact) mass is 377 g/mol. The van der Waals surface area contributed by atoms with Crippen molar-refractivity contribution in [3.05, 3.63) is 75.6 Å². The highest BCUT2D eigenvalue weighted by atomic mass is 16.4. The van der Waals surface area contributed by atoms with E-state index in [0.29, 0.717) is 16.6 Å². The highest BCUT2D eigenvalue weighted by molar-refractivity contribution is 6.03. The van der Waals surface area contributed by atoms with Crippen molar-refractivity contribution in [1.82, 2.24) is 9.88 Å². The predicted octanol–water partition coefficient (Wildman–Crippen LogP) is 1.44. The SMILES string of the molecule is N#Cc1cccc(Cn2c(=O)c(C(=O)NCC(=O)O)c(O)c3ccccc32)c1. The number of fused-ring (bicyclic) bond motifs is 1. The summed E-state index contributed by atoms with van der Waals surface area (Å²) in [7, 11) is 0. The van der Waals surface area contributed by atoms with Crippen LogP contribution >= 0.6 is 0 Å². The van der Waals surface area contributed by atoms with Crippen molar-refractivity contribution in [3.8, 4) is 11.8 Å². The molecule has 0 radical (unpaired) electrons. The number of carboxylic acid groups (broad SMARTS) is 1. The Balaban J connectivity index is 2.18. The van der Waals surface area contributed by atoms with Crippen molar-refractivity contribution in [2.75, 3.05) is 6.54 Å². The summed E-state index contributed by atoms with van der Waals surface area (Å²) in [5, 5.41) is 30.6. The predicted molar refractivity (Wildman–Crippen MR) is 100 cm³/mol. The van der Waals surface area contributed by atoms with Crippen molar-refractivity contribution >= 4 is 22.8 Å². The number of nitrogens with one attached hydrogen (secondary N) is 1. The third kappa shape index (κ3) is 3.54. The number of rotatable bonds is 5. The fraction of sp³-hybridized carbons (Fsp3) is 0.100. The number of hydrogen-bond acceptors (Lipinski definition) is 5. The Morgan fingerprint density at radius 2 is 1.89 bits per heavy atom. The maximum Gasteiger partial charge on any atom is 0.322 e. The molecule has 0 aliphatic heterocycles. The average molecular weight is 377 g/mol. The first-order valence-corrected chi connectivity index (χ1v) is 8.26. The summed E-state index contributed by atoms with van der Waals surface area (Å²) in [5.74, 6) is -2.76. The lowest BCUT2D eigenvalue weighted by Gasteiger charge is -2.15. The average Bonchev–Trinajstić information content (AvgIpc) is 2.70. The summed E-state index contributed by atoms with van der Waals surface area (Å²) < 4.78 is 1.31. The molecule has 140 valence electrons. The minimum atomic E-state index is -1.28. The first-order chi connectivity index (χ1) is 13.4. The fourth-order valence-electron chi connectivity index (χ4n) is 2.92. The number of aliphatic carboxylic acids is 1. The standard InChI is InChI=1S/C20H15N3O5/c21-9-12-4-3-5-13(8-12)11-23-15-7-2-1-6-14(15)18(26)17(20(23)28)19(27)22-10-16(24)25/h1-8,26H,10-11H2,(H,22,27)(H,24,25). The number of amides is 1. The molecule has 28 heavy (non-hydrogen) atoms. The van der Waals surface area contributed by atoms with Gasteiger partial charge in [-0.3, -0.25) is 14.4 Å². The van der Waals surface area contributed by atoms with E-state index in [9.17, 15) is 19.5 Å². The second kappa shape index (κ2) is 7.63. The van der Waals surface area contributed by atoms with E-state index in [4.69, 9.17) is 10.4 Å². The lowest BCUT2D eigenvalue weighted by atomic mass is 10.1. The van der Waals surface area contributed by atoms with Crippen LogP contribution in [0.15, 0.2) is 53.3 Å².